The Balaban J connectivity index is 1.89. The summed E-state index contributed by atoms with van der Waals surface area (Å²) in [5.74, 6) is 0.946. The lowest BCUT2D eigenvalue weighted by Gasteiger charge is -2.18. The van der Waals surface area contributed by atoms with Crippen molar-refractivity contribution in [1.82, 2.24) is 4.72 Å². The summed E-state index contributed by atoms with van der Waals surface area (Å²) < 4.78 is 27.8. The first-order valence-corrected chi connectivity index (χ1v) is 8.90. The first-order valence-electron chi connectivity index (χ1n) is 6.66. The Morgan fingerprint density at radius 3 is 2.20 bits per heavy atom. The van der Waals surface area contributed by atoms with Gasteiger partial charge < -0.3 is 5.73 Å². The lowest BCUT2D eigenvalue weighted by molar-refractivity contribution is 0.471. The van der Waals surface area contributed by atoms with Gasteiger partial charge in [0.05, 0.1) is 15.7 Å². The molecule has 2 aliphatic carbocycles. The predicted octanol–water partition coefficient (Wildman–Crippen LogP) is 3.04. The summed E-state index contributed by atoms with van der Waals surface area (Å²) in [6, 6.07) is 2.90. The smallest absolute Gasteiger partial charge is 0.242 e. The predicted molar refractivity (Wildman–Crippen MR) is 80.4 cm³/mol. The average molecular weight is 335 g/mol. The van der Waals surface area contributed by atoms with Crippen molar-refractivity contribution in [2.24, 2.45) is 11.8 Å². The number of nitrogens with one attached hydrogen (secondary N) is 1. The van der Waals surface area contributed by atoms with E-state index in [9.17, 15) is 8.42 Å². The SMILES string of the molecule is Nc1c(Cl)ccc(S(=O)(=O)NC(C2CC2)C2CC2)c1Cl. The Morgan fingerprint density at radius 2 is 1.70 bits per heavy atom. The number of nitrogen functional groups attached to an aromatic ring is 1. The summed E-state index contributed by atoms with van der Waals surface area (Å²) in [6.07, 6.45) is 4.39. The minimum Gasteiger partial charge on any atom is -0.396 e. The maximum atomic E-state index is 12.5. The van der Waals surface area contributed by atoms with E-state index in [2.05, 4.69) is 4.72 Å². The van der Waals surface area contributed by atoms with Crippen LogP contribution in [-0.2, 0) is 10.0 Å². The zero-order valence-corrected chi connectivity index (χ0v) is 13.1. The van der Waals surface area contributed by atoms with E-state index >= 15 is 0 Å². The van der Waals surface area contributed by atoms with Gasteiger partial charge >= 0.3 is 0 Å². The third kappa shape index (κ3) is 2.77. The van der Waals surface area contributed by atoms with Crippen LogP contribution in [0.3, 0.4) is 0 Å². The van der Waals surface area contributed by atoms with Gasteiger partial charge in [0.25, 0.3) is 0 Å². The molecule has 4 nitrogen and oxygen atoms in total. The lowest BCUT2D eigenvalue weighted by Crippen LogP contribution is -2.38. The van der Waals surface area contributed by atoms with Gasteiger partial charge in [-0.3, -0.25) is 0 Å². The third-order valence-electron chi connectivity index (χ3n) is 3.93. The average Bonchev–Trinajstić information content (AvgIpc) is 3.27. The number of halogens is 2. The van der Waals surface area contributed by atoms with Crippen LogP contribution in [0.1, 0.15) is 25.7 Å². The van der Waals surface area contributed by atoms with Crippen LogP contribution in [0.15, 0.2) is 17.0 Å². The topological polar surface area (TPSA) is 72.2 Å². The minimum absolute atomic E-state index is 0.00431. The zero-order chi connectivity index (χ0) is 14.5. The quantitative estimate of drug-likeness (QED) is 0.813. The summed E-state index contributed by atoms with van der Waals surface area (Å²) in [6.45, 7) is 0. The fourth-order valence-corrected chi connectivity index (χ4v) is 4.63. The molecule has 0 aliphatic heterocycles. The fraction of sp³-hybridized carbons (Fsp3) is 0.538. The molecular weight excluding hydrogens is 319 g/mol. The van der Waals surface area contributed by atoms with Crippen molar-refractivity contribution in [3.8, 4) is 0 Å². The number of rotatable bonds is 5. The molecule has 0 spiro atoms. The van der Waals surface area contributed by atoms with Crippen LogP contribution in [0.5, 0.6) is 0 Å². The minimum atomic E-state index is -3.66. The maximum Gasteiger partial charge on any atom is 0.242 e. The molecule has 110 valence electrons. The zero-order valence-electron chi connectivity index (χ0n) is 10.8. The first kappa shape index (κ1) is 14.4. The molecule has 20 heavy (non-hydrogen) atoms. The third-order valence-corrected chi connectivity index (χ3v) is 6.28. The standard InChI is InChI=1S/C13H16Cl2N2O2S/c14-9-5-6-10(11(15)12(9)16)20(18,19)17-13(7-1-2-7)8-3-4-8/h5-8,13,17H,1-4,16H2. The number of benzene rings is 1. The van der Waals surface area contributed by atoms with Crippen LogP contribution in [0, 0.1) is 11.8 Å². The molecule has 0 heterocycles. The number of sulfonamides is 1. The van der Waals surface area contributed by atoms with Gasteiger partial charge in [-0.05, 0) is 49.7 Å². The van der Waals surface area contributed by atoms with Gasteiger partial charge in [0.2, 0.25) is 10.0 Å². The molecule has 2 aliphatic rings. The van der Waals surface area contributed by atoms with Crippen LogP contribution in [0.2, 0.25) is 10.0 Å². The monoisotopic (exact) mass is 334 g/mol. The molecule has 0 saturated heterocycles. The second kappa shape index (κ2) is 5.05. The Hall–Kier alpha value is -0.490. The van der Waals surface area contributed by atoms with Crippen molar-refractivity contribution < 1.29 is 8.42 Å². The van der Waals surface area contributed by atoms with E-state index in [4.69, 9.17) is 28.9 Å². The molecule has 0 aromatic heterocycles. The number of hydrogen-bond acceptors (Lipinski definition) is 3. The van der Waals surface area contributed by atoms with E-state index in [1.54, 1.807) is 0 Å². The Morgan fingerprint density at radius 1 is 1.15 bits per heavy atom. The Bertz CT molecular complexity index is 628. The molecule has 2 fully saturated rings. The van der Waals surface area contributed by atoms with E-state index in [0.717, 1.165) is 25.7 Å². The van der Waals surface area contributed by atoms with Crippen LogP contribution in [0.4, 0.5) is 5.69 Å². The van der Waals surface area contributed by atoms with Crippen LogP contribution < -0.4 is 10.5 Å². The molecule has 1 aromatic carbocycles. The van der Waals surface area contributed by atoms with E-state index in [1.807, 2.05) is 0 Å². The van der Waals surface area contributed by atoms with E-state index < -0.39 is 10.0 Å². The van der Waals surface area contributed by atoms with Crippen molar-refractivity contribution in [3.63, 3.8) is 0 Å². The molecule has 0 amide bonds. The lowest BCUT2D eigenvalue weighted by atomic mass is 10.1. The highest BCUT2D eigenvalue weighted by Gasteiger charge is 2.43. The van der Waals surface area contributed by atoms with Gasteiger partial charge in [-0.15, -0.1) is 0 Å². The molecule has 0 bridgehead atoms. The normalized spacial score (nSPS) is 19.6. The van der Waals surface area contributed by atoms with Gasteiger partial charge in [-0.25, -0.2) is 13.1 Å². The summed E-state index contributed by atoms with van der Waals surface area (Å²) in [7, 11) is -3.66. The molecule has 7 heteroatoms. The van der Waals surface area contributed by atoms with Gasteiger partial charge in [0.15, 0.2) is 0 Å². The first-order chi connectivity index (χ1) is 9.40. The van der Waals surface area contributed by atoms with Crippen molar-refractivity contribution >= 4 is 38.9 Å². The molecule has 0 radical (unpaired) electrons. The highest BCUT2D eigenvalue weighted by Crippen LogP contribution is 2.45. The van der Waals surface area contributed by atoms with Crippen LogP contribution in [0.25, 0.3) is 0 Å². The van der Waals surface area contributed by atoms with E-state index in [1.165, 1.54) is 12.1 Å². The van der Waals surface area contributed by atoms with Crippen molar-refractivity contribution in [3.05, 3.63) is 22.2 Å². The van der Waals surface area contributed by atoms with Gasteiger partial charge in [0, 0.05) is 6.04 Å². The highest BCUT2D eigenvalue weighted by molar-refractivity contribution is 7.89. The van der Waals surface area contributed by atoms with Gasteiger partial charge in [0.1, 0.15) is 4.90 Å². The van der Waals surface area contributed by atoms with Crippen molar-refractivity contribution in [1.29, 1.82) is 0 Å². The second-order valence-corrected chi connectivity index (χ2v) is 8.06. The summed E-state index contributed by atoms with van der Waals surface area (Å²) in [4.78, 5) is 0.00682. The van der Waals surface area contributed by atoms with Gasteiger partial charge in [-0.2, -0.15) is 0 Å². The number of hydrogen-bond donors (Lipinski definition) is 2. The largest absolute Gasteiger partial charge is 0.396 e. The molecule has 1 aromatic rings. The van der Waals surface area contributed by atoms with Crippen LogP contribution in [-0.4, -0.2) is 14.5 Å². The Kier molecular flexibility index (Phi) is 3.65. The fourth-order valence-electron chi connectivity index (χ4n) is 2.49. The highest BCUT2D eigenvalue weighted by atomic mass is 35.5. The molecule has 3 N–H and O–H groups in total. The molecule has 0 unspecified atom stereocenters. The summed E-state index contributed by atoms with van der Waals surface area (Å²) in [5.41, 5.74) is 5.80. The molecule has 0 atom stereocenters. The van der Waals surface area contributed by atoms with Crippen LogP contribution >= 0.6 is 23.2 Å². The van der Waals surface area contributed by atoms with E-state index in [-0.39, 0.29) is 26.7 Å². The summed E-state index contributed by atoms with van der Waals surface area (Å²) >= 11 is 11.9. The van der Waals surface area contributed by atoms with Crippen molar-refractivity contribution in [2.75, 3.05) is 5.73 Å². The number of anilines is 1. The van der Waals surface area contributed by atoms with E-state index in [0.29, 0.717) is 11.8 Å². The van der Waals surface area contributed by atoms with Crippen molar-refractivity contribution in [2.45, 2.75) is 36.6 Å². The second-order valence-electron chi connectivity index (χ2n) is 5.60. The summed E-state index contributed by atoms with van der Waals surface area (Å²) in [5, 5.41) is 0.255. The maximum absolute atomic E-state index is 12.5. The Labute approximate surface area is 128 Å². The number of nitrogens with two attached hydrogens (primary N) is 1. The molecule has 2 saturated carbocycles. The van der Waals surface area contributed by atoms with Gasteiger partial charge in [-0.1, -0.05) is 23.2 Å². The molecule has 3 rings (SSSR count). The molecular formula is C13H16Cl2N2O2S.